The molecule has 14 atom stereocenters. The lowest BCUT2D eigenvalue weighted by Crippen LogP contribution is -2.62. The van der Waals surface area contributed by atoms with Gasteiger partial charge in [0, 0.05) is 19.4 Å². The van der Waals surface area contributed by atoms with Crippen molar-refractivity contribution >= 4 is 65.0 Å². The van der Waals surface area contributed by atoms with Gasteiger partial charge < -0.3 is 102 Å². The first-order valence-electron chi connectivity index (χ1n) is 28.7. The molecule has 24 N–H and O–H groups in total. The van der Waals surface area contributed by atoms with Gasteiger partial charge in [0.25, 0.3) is 0 Å². The highest BCUT2D eigenvalue weighted by atomic mass is 16.3. The Labute approximate surface area is 490 Å². The van der Waals surface area contributed by atoms with Gasteiger partial charge in [0.05, 0.1) is 18.3 Å². The number of rotatable bonds is 28. The van der Waals surface area contributed by atoms with Crippen molar-refractivity contribution in [2.75, 3.05) is 39.3 Å². The van der Waals surface area contributed by atoms with E-state index in [1.54, 1.807) is 30.3 Å². The van der Waals surface area contributed by atoms with Crippen molar-refractivity contribution in [2.45, 2.75) is 190 Å². The summed E-state index contributed by atoms with van der Waals surface area (Å²) in [5.74, 6) is -9.99. The molecule has 30 heteroatoms. The van der Waals surface area contributed by atoms with Gasteiger partial charge in [-0.1, -0.05) is 63.4 Å². The second kappa shape index (κ2) is 38.8. The number of aliphatic hydroxyl groups is 3. The average Bonchev–Trinajstić information content (AvgIpc) is 3.67. The highest BCUT2D eigenvalue weighted by Gasteiger charge is 2.38. The molecule has 1 heterocycles. The van der Waals surface area contributed by atoms with Crippen molar-refractivity contribution in [1.29, 1.82) is 0 Å². The SMILES string of the molecule is CC[C@H](C)CCCCC(=O)N[C@H](CCN)C(=O)N[C@@H](C(=O)N[C@@H](CCN)C(=O)N[C@H]1CCNC(=O)[C@@H]([C@@H](C)O)NC(=O)[C@@H](CCN)NC(=O)[C@@H](CCN)NC(=O)[C@@H]([C@H](C)O)NC(=O)[C@@H](Cc2ccccc2)NC(=O)[C@H](CCN)NC1=O)[C@H](C)O. The van der Waals surface area contributed by atoms with Crippen molar-refractivity contribution in [3.8, 4) is 0 Å². The number of carbonyl (C=O) groups is 11. The van der Waals surface area contributed by atoms with E-state index >= 15 is 0 Å². The van der Waals surface area contributed by atoms with E-state index in [2.05, 4.69) is 72.3 Å². The zero-order chi connectivity index (χ0) is 63.1. The Morgan fingerprint density at radius 1 is 0.548 bits per heavy atom. The van der Waals surface area contributed by atoms with E-state index < -0.39 is 157 Å². The van der Waals surface area contributed by atoms with Crippen LogP contribution < -0.4 is 87.2 Å². The Morgan fingerprint density at radius 2 is 1.02 bits per heavy atom. The molecule has 1 saturated heterocycles. The van der Waals surface area contributed by atoms with Crippen LogP contribution in [0.5, 0.6) is 0 Å². The Bertz CT molecular complexity index is 2300. The van der Waals surface area contributed by atoms with Crippen molar-refractivity contribution in [3.05, 3.63) is 35.9 Å². The molecule has 0 spiro atoms. The molecule has 1 aromatic carbocycles. The lowest BCUT2D eigenvalue weighted by molar-refractivity contribution is -0.137. The fourth-order valence-electron chi connectivity index (χ4n) is 8.79. The van der Waals surface area contributed by atoms with E-state index in [9.17, 15) is 68.1 Å². The number of nitrogens with two attached hydrogens (primary N) is 5. The van der Waals surface area contributed by atoms with Crippen molar-refractivity contribution in [2.24, 2.45) is 34.6 Å². The predicted octanol–water partition coefficient (Wildman–Crippen LogP) is -6.91. The maximum Gasteiger partial charge on any atom is 0.245 e. The number of benzene rings is 1. The lowest BCUT2D eigenvalue weighted by atomic mass is 10.0. The molecule has 0 saturated carbocycles. The number of amides is 11. The van der Waals surface area contributed by atoms with Gasteiger partial charge in [0.15, 0.2) is 0 Å². The fourth-order valence-corrected chi connectivity index (χ4v) is 8.79. The summed E-state index contributed by atoms with van der Waals surface area (Å²) in [5, 5.41) is 59.6. The van der Waals surface area contributed by atoms with Crippen LogP contribution in [0.25, 0.3) is 0 Å². The number of hydrogen-bond acceptors (Lipinski definition) is 19. The number of aliphatic hydroxyl groups excluding tert-OH is 3. The highest BCUT2D eigenvalue weighted by molar-refractivity contribution is 5.99. The van der Waals surface area contributed by atoms with Gasteiger partial charge in [-0.15, -0.1) is 0 Å². The number of hydrogen-bond donors (Lipinski definition) is 19. The molecule has 0 bridgehead atoms. The molecular weight excluding hydrogens is 1100 g/mol. The van der Waals surface area contributed by atoms with Crippen LogP contribution >= 0.6 is 0 Å². The largest absolute Gasteiger partial charge is 0.391 e. The fraction of sp³-hybridized carbons (Fsp3) is 0.685. The molecule has 2 rings (SSSR count). The number of nitrogens with one attached hydrogen (secondary N) is 11. The second-order valence-corrected chi connectivity index (χ2v) is 21.1. The summed E-state index contributed by atoms with van der Waals surface area (Å²) in [6.45, 7) is 6.39. The molecule has 474 valence electrons. The van der Waals surface area contributed by atoms with Crippen LogP contribution in [0.15, 0.2) is 30.3 Å². The second-order valence-electron chi connectivity index (χ2n) is 21.1. The van der Waals surface area contributed by atoms with Crippen molar-refractivity contribution < 1.29 is 68.1 Å². The van der Waals surface area contributed by atoms with Crippen LogP contribution in [-0.4, -0.2) is 198 Å². The van der Waals surface area contributed by atoms with E-state index in [4.69, 9.17) is 28.7 Å². The van der Waals surface area contributed by atoms with Gasteiger partial charge >= 0.3 is 0 Å². The standard InChI is InChI=1S/C54H94N16O14/c1-6-29(2)12-10-11-15-41(74)61-34(16-22-55)49(79)69-43(31(4)72)53(83)66-37(19-25-58)46(76)64-39-21-27-60-52(82)42(30(3)71)68-50(80)38(20-26-59)63-45(75)36(18-24-57)65-54(84)44(32(5)73)70-51(81)40(28-33-13-8-7-9-14-33)67-47(77)35(17-23-56)62-48(39)78/h7-9,13-14,29-32,34-40,42-44,71-73H,6,10-12,15-28,55-59H2,1-5H3,(H,60,82)(H,61,74)(H,62,78)(H,63,75)(H,64,76)(H,65,84)(H,66,83)(H,67,77)(H,68,80)(H,69,79)(H,70,81)/t29-,30+,31-,32-,34+,35-,36+,37-,38+,39-,40+,42+,43+,44+/m0/s1. The maximum absolute atomic E-state index is 14.5. The summed E-state index contributed by atoms with van der Waals surface area (Å²) in [4.78, 5) is 153. The van der Waals surface area contributed by atoms with Crippen LogP contribution in [-0.2, 0) is 59.2 Å². The van der Waals surface area contributed by atoms with Gasteiger partial charge in [0.1, 0.15) is 60.4 Å². The maximum atomic E-state index is 14.5. The normalized spacial score (nSPS) is 23.3. The van der Waals surface area contributed by atoms with Gasteiger partial charge in [-0.05, 0) is 110 Å². The first-order chi connectivity index (χ1) is 39.8. The minimum absolute atomic E-state index is 0.0257. The molecule has 1 aliphatic rings. The van der Waals surface area contributed by atoms with E-state index in [-0.39, 0.29) is 77.7 Å². The molecule has 11 amide bonds. The summed E-state index contributed by atoms with van der Waals surface area (Å²) in [7, 11) is 0. The molecule has 0 aromatic heterocycles. The van der Waals surface area contributed by atoms with Gasteiger partial charge in [-0.3, -0.25) is 52.7 Å². The summed E-state index contributed by atoms with van der Waals surface area (Å²) >= 11 is 0. The smallest absolute Gasteiger partial charge is 0.245 e. The number of carbonyl (C=O) groups excluding carboxylic acids is 11. The predicted molar refractivity (Wildman–Crippen MR) is 308 cm³/mol. The van der Waals surface area contributed by atoms with E-state index in [0.29, 0.717) is 17.9 Å². The molecule has 1 aromatic rings. The first kappa shape index (κ1) is 73.2. The first-order valence-corrected chi connectivity index (χ1v) is 28.7. The summed E-state index contributed by atoms with van der Waals surface area (Å²) < 4.78 is 0. The summed E-state index contributed by atoms with van der Waals surface area (Å²) in [6, 6.07) is -7.36. The highest BCUT2D eigenvalue weighted by Crippen LogP contribution is 2.13. The summed E-state index contributed by atoms with van der Waals surface area (Å²) in [5.41, 5.74) is 29.7. The minimum atomic E-state index is -1.77. The molecule has 84 heavy (non-hydrogen) atoms. The summed E-state index contributed by atoms with van der Waals surface area (Å²) in [6.07, 6.45) is -3.08. The molecule has 0 aliphatic carbocycles. The molecule has 0 radical (unpaired) electrons. The lowest BCUT2D eigenvalue weighted by Gasteiger charge is -2.29. The van der Waals surface area contributed by atoms with Crippen LogP contribution in [0, 0.1) is 5.92 Å². The van der Waals surface area contributed by atoms with E-state index in [1.807, 2.05) is 0 Å². The minimum Gasteiger partial charge on any atom is -0.391 e. The molecule has 1 aliphatic heterocycles. The monoisotopic (exact) mass is 1190 g/mol. The number of unbranched alkanes of at least 4 members (excludes halogenated alkanes) is 1. The van der Waals surface area contributed by atoms with Crippen LogP contribution in [0.2, 0.25) is 0 Å². The third-order valence-corrected chi connectivity index (χ3v) is 14.0. The molecular formula is C54H94N16O14. The van der Waals surface area contributed by atoms with Crippen LogP contribution in [0.1, 0.15) is 111 Å². The Morgan fingerprint density at radius 3 is 1.52 bits per heavy atom. The Hall–Kier alpha value is -6.93. The quantitative estimate of drug-likeness (QED) is 0.0347. The van der Waals surface area contributed by atoms with Crippen molar-refractivity contribution in [3.63, 3.8) is 0 Å². The van der Waals surface area contributed by atoms with E-state index in [0.717, 1.165) is 19.3 Å². The third kappa shape index (κ3) is 25.5. The zero-order valence-electron chi connectivity index (χ0n) is 48.9. The average molecular weight is 1190 g/mol. The molecule has 0 unspecified atom stereocenters. The Kier molecular flexibility index (Phi) is 33.8. The zero-order valence-corrected chi connectivity index (χ0v) is 48.9. The van der Waals surface area contributed by atoms with Gasteiger partial charge in [-0.2, -0.15) is 0 Å². The Balaban J connectivity index is 2.66. The molecule has 1 fully saturated rings. The molecule has 30 nitrogen and oxygen atoms in total. The van der Waals surface area contributed by atoms with Crippen molar-refractivity contribution in [1.82, 2.24) is 58.5 Å². The van der Waals surface area contributed by atoms with E-state index in [1.165, 1.54) is 20.8 Å². The topological polar surface area (TPSA) is 511 Å². The van der Waals surface area contributed by atoms with Crippen LogP contribution in [0.3, 0.4) is 0 Å². The van der Waals surface area contributed by atoms with Gasteiger partial charge in [-0.25, -0.2) is 0 Å². The van der Waals surface area contributed by atoms with Gasteiger partial charge in [0.2, 0.25) is 65.0 Å². The van der Waals surface area contributed by atoms with Crippen LogP contribution in [0.4, 0.5) is 0 Å². The third-order valence-electron chi connectivity index (χ3n) is 14.0.